The fraction of sp³-hybridized carbons (Fsp3) is 0.938. The van der Waals surface area contributed by atoms with Gasteiger partial charge in [-0.25, -0.2) is 0 Å². The van der Waals surface area contributed by atoms with E-state index < -0.39 is 0 Å². The van der Waals surface area contributed by atoms with E-state index in [2.05, 4.69) is 10.6 Å². The van der Waals surface area contributed by atoms with Crippen molar-refractivity contribution in [1.29, 1.82) is 0 Å². The van der Waals surface area contributed by atoms with Crippen LogP contribution in [0.2, 0.25) is 0 Å². The quantitative estimate of drug-likeness (QED) is 0.728. The molecule has 0 spiro atoms. The molecule has 2 saturated carbocycles. The van der Waals surface area contributed by atoms with Crippen LogP contribution in [0.25, 0.3) is 0 Å². The maximum atomic E-state index is 12.1. The topological polar surface area (TPSA) is 50.4 Å². The zero-order valence-corrected chi connectivity index (χ0v) is 12.4. The van der Waals surface area contributed by atoms with Gasteiger partial charge >= 0.3 is 0 Å². The van der Waals surface area contributed by atoms with Crippen LogP contribution in [0.3, 0.4) is 0 Å². The van der Waals surface area contributed by atoms with E-state index in [1.165, 1.54) is 25.7 Å². The van der Waals surface area contributed by atoms with E-state index in [4.69, 9.17) is 4.74 Å². The van der Waals surface area contributed by atoms with Crippen molar-refractivity contribution in [3.8, 4) is 0 Å². The van der Waals surface area contributed by atoms with E-state index in [0.717, 1.165) is 57.3 Å². The van der Waals surface area contributed by atoms with Gasteiger partial charge in [-0.1, -0.05) is 12.8 Å². The second-order valence-electron chi connectivity index (χ2n) is 6.60. The molecule has 3 rings (SSSR count). The summed E-state index contributed by atoms with van der Waals surface area (Å²) in [6.45, 7) is 3.71. The molecule has 0 aromatic heterocycles. The second kappa shape index (κ2) is 6.90. The Morgan fingerprint density at radius 2 is 1.80 bits per heavy atom. The predicted molar refractivity (Wildman–Crippen MR) is 78.4 cm³/mol. The van der Waals surface area contributed by atoms with Crippen LogP contribution in [-0.2, 0) is 9.53 Å². The van der Waals surface area contributed by atoms with Gasteiger partial charge in [-0.2, -0.15) is 0 Å². The largest absolute Gasteiger partial charge is 0.378 e. The molecule has 0 bridgehead atoms. The Bertz CT molecular complexity index is 316. The minimum atomic E-state index is 0.309. The van der Waals surface area contributed by atoms with Crippen LogP contribution in [0.1, 0.15) is 44.9 Å². The van der Waals surface area contributed by atoms with Gasteiger partial charge in [0, 0.05) is 19.1 Å². The maximum Gasteiger partial charge on any atom is 0.223 e. The molecule has 20 heavy (non-hydrogen) atoms. The molecular formula is C16H28N2O2. The molecule has 4 nitrogen and oxygen atoms in total. The molecule has 0 aromatic rings. The lowest BCUT2D eigenvalue weighted by atomic mass is 10.0. The Labute approximate surface area is 122 Å². The van der Waals surface area contributed by atoms with Crippen LogP contribution in [-0.4, -0.2) is 38.3 Å². The molecule has 0 radical (unpaired) electrons. The zero-order valence-electron chi connectivity index (χ0n) is 12.4. The molecule has 2 N–H and O–H groups in total. The average Bonchev–Trinajstić information content (AvgIpc) is 3.22. The van der Waals surface area contributed by atoms with Crippen molar-refractivity contribution in [2.75, 3.05) is 26.2 Å². The highest BCUT2D eigenvalue weighted by molar-refractivity contribution is 5.82. The third kappa shape index (κ3) is 3.53. The third-order valence-electron chi connectivity index (χ3n) is 5.22. The summed E-state index contributed by atoms with van der Waals surface area (Å²) in [5.41, 5.74) is 0. The molecule has 1 heterocycles. The minimum absolute atomic E-state index is 0.309. The molecule has 4 heteroatoms. The summed E-state index contributed by atoms with van der Waals surface area (Å²) >= 11 is 0. The lowest BCUT2D eigenvalue weighted by Gasteiger charge is -2.22. The first-order chi connectivity index (χ1) is 9.86. The van der Waals surface area contributed by atoms with Crippen LogP contribution in [0.5, 0.6) is 0 Å². The number of carbonyl (C=O) groups excluding carboxylic acids is 1. The van der Waals surface area contributed by atoms with Crippen LogP contribution in [0.4, 0.5) is 0 Å². The van der Waals surface area contributed by atoms with Crippen molar-refractivity contribution in [2.45, 2.75) is 51.0 Å². The van der Waals surface area contributed by atoms with Crippen molar-refractivity contribution in [3.05, 3.63) is 0 Å². The number of nitrogens with one attached hydrogen (secondary N) is 2. The van der Waals surface area contributed by atoms with Gasteiger partial charge in [-0.05, 0) is 57.0 Å². The number of hydrogen-bond acceptors (Lipinski definition) is 3. The lowest BCUT2D eigenvalue weighted by Crippen LogP contribution is -2.33. The van der Waals surface area contributed by atoms with Crippen molar-refractivity contribution in [3.63, 3.8) is 0 Å². The van der Waals surface area contributed by atoms with Crippen LogP contribution in [0.15, 0.2) is 0 Å². The molecule has 1 amide bonds. The van der Waals surface area contributed by atoms with Gasteiger partial charge in [0.25, 0.3) is 0 Å². The Morgan fingerprint density at radius 1 is 1.10 bits per heavy atom. The first-order valence-electron chi connectivity index (χ1n) is 8.46. The standard InChI is InChI=1S/C16H28N2O2/c19-16(15-13-4-1-2-5-14(13)15)18-8-3-11-20-12-6-9-17-10-7-12/h12-15,17H,1-11H2,(H,18,19). The van der Waals surface area contributed by atoms with Crippen LogP contribution < -0.4 is 10.6 Å². The zero-order chi connectivity index (χ0) is 13.8. The summed E-state index contributed by atoms with van der Waals surface area (Å²) in [5.74, 6) is 2.09. The molecular weight excluding hydrogens is 252 g/mol. The summed E-state index contributed by atoms with van der Waals surface area (Å²) in [6, 6.07) is 0. The fourth-order valence-electron chi connectivity index (χ4n) is 3.99. The van der Waals surface area contributed by atoms with E-state index in [9.17, 15) is 4.79 Å². The van der Waals surface area contributed by atoms with Crippen LogP contribution in [0, 0.1) is 17.8 Å². The molecule has 2 aliphatic carbocycles. The Kier molecular flexibility index (Phi) is 4.94. The van der Waals surface area contributed by atoms with E-state index in [-0.39, 0.29) is 0 Å². The Hall–Kier alpha value is -0.610. The molecule has 2 unspecified atom stereocenters. The SMILES string of the molecule is O=C(NCCCOC1CCNCC1)C1C2CCCCC21. The molecule has 1 saturated heterocycles. The van der Waals surface area contributed by atoms with Gasteiger partial charge in [-0.15, -0.1) is 0 Å². The van der Waals surface area contributed by atoms with Crippen molar-refractivity contribution >= 4 is 5.91 Å². The summed E-state index contributed by atoms with van der Waals surface area (Å²) < 4.78 is 5.84. The fourth-order valence-corrected chi connectivity index (χ4v) is 3.99. The number of rotatable bonds is 6. The number of amides is 1. The monoisotopic (exact) mass is 280 g/mol. The highest BCUT2D eigenvalue weighted by Gasteiger charge is 2.54. The minimum Gasteiger partial charge on any atom is -0.378 e. The van der Waals surface area contributed by atoms with Gasteiger partial charge < -0.3 is 15.4 Å². The van der Waals surface area contributed by atoms with Gasteiger partial charge in [0.2, 0.25) is 5.91 Å². The Balaban J connectivity index is 1.24. The first kappa shape index (κ1) is 14.3. The molecule has 3 aliphatic rings. The average molecular weight is 280 g/mol. The number of fused-ring (bicyclic) bond motifs is 1. The molecule has 1 aliphatic heterocycles. The van der Waals surface area contributed by atoms with E-state index in [1.807, 2.05) is 0 Å². The van der Waals surface area contributed by atoms with Gasteiger partial charge in [-0.3, -0.25) is 4.79 Å². The molecule has 2 atom stereocenters. The van der Waals surface area contributed by atoms with Crippen LogP contribution >= 0.6 is 0 Å². The summed E-state index contributed by atoms with van der Waals surface area (Å²) in [5, 5.41) is 6.45. The normalized spacial score (nSPS) is 33.5. The van der Waals surface area contributed by atoms with Gasteiger partial charge in [0.05, 0.1) is 6.10 Å². The predicted octanol–water partition coefficient (Wildman–Crippen LogP) is 1.70. The first-order valence-corrected chi connectivity index (χ1v) is 8.46. The summed E-state index contributed by atoms with van der Waals surface area (Å²) in [6.07, 6.45) is 8.83. The highest BCUT2D eigenvalue weighted by atomic mass is 16.5. The summed E-state index contributed by atoms with van der Waals surface area (Å²) in [4.78, 5) is 12.1. The second-order valence-corrected chi connectivity index (χ2v) is 6.60. The molecule has 3 fully saturated rings. The van der Waals surface area contributed by atoms with Gasteiger partial charge in [0.1, 0.15) is 0 Å². The smallest absolute Gasteiger partial charge is 0.223 e. The summed E-state index contributed by atoms with van der Waals surface area (Å²) in [7, 11) is 0. The Morgan fingerprint density at radius 3 is 2.50 bits per heavy atom. The molecule has 0 aromatic carbocycles. The number of carbonyl (C=O) groups is 1. The van der Waals surface area contributed by atoms with E-state index >= 15 is 0 Å². The number of piperidine rings is 1. The van der Waals surface area contributed by atoms with E-state index in [1.54, 1.807) is 0 Å². The van der Waals surface area contributed by atoms with Crippen molar-refractivity contribution < 1.29 is 9.53 Å². The lowest BCUT2D eigenvalue weighted by molar-refractivity contribution is -0.122. The van der Waals surface area contributed by atoms with Crippen molar-refractivity contribution in [1.82, 2.24) is 10.6 Å². The molecule has 114 valence electrons. The number of hydrogen-bond donors (Lipinski definition) is 2. The number of ether oxygens (including phenoxy) is 1. The highest BCUT2D eigenvalue weighted by Crippen LogP contribution is 2.55. The van der Waals surface area contributed by atoms with E-state index in [0.29, 0.717) is 17.9 Å². The maximum absolute atomic E-state index is 12.1. The third-order valence-corrected chi connectivity index (χ3v) is 5.22. The van der Waals surface area contributed by atoms with Crippen molar-refractivity contribution in [2.24, 2.45) is 17.8 Å². The van der Waals surface area contributed by atoms with Gasteiger partial charge in [0.15, 0.2) is 0 Å².